The highest BCUT2D eigenvalue weighted by molar-refractivity contribution is 6.16. The summed E-state index contributed by atoms with van der Waals surface area (Å²) in [6.45, 7) is 0.421. The van der Waals surface area contributed by atoms with Gasteiger partial charge in [0, 0.05) is 17.2 Å². The van der Waals surface area contributed by atoms with Crippen molar-refractivity contribution in [2.45, 2.75) is 19.4 Å². The van der Waals surface area contributed by atoms with Crippen LogP contribution in [0.4, 0.5) is 0 Å². The monoisotopic (exact) mass is 359 g/mol. The highest BCUT2D eigenvalue weighted by Crippen LogP contribution is 2.32. The molecule has 27 heavy (non-hydrogen) atoms. The molecule has 0 fully saturated rings. The molecule has 0 saturated heterocycles. The number of fused-ring (bicyclic) bond motifs is 3. The predicted molar refractivity (Wildman–Crippen MR) is 97.4 cm³/mol. The number of amides is 1. The Hall–Kier alpha value is -3.73. The molecule has 1 radical (unpaired) electrons. The van der Waals surface area contributed by atoms with Gasteiger partial charge in [0.15, 0.2) is 5.82 Å². The number of aryl methyl sites for hydroxylation is 1. The van der Waals surface area contributed by atoms with Crippen LogP contribution in [0.1, 0.15) is 28.2 Å². The first kappa shape index (κ1) is 16.7. The molecule has 0 aliphatic heterocycles. The molecule has 2 aromatic carbocycles. The fourth-order valence-electron chi connectivity index (χ4n) is 3.11. The van der Waals surface area contributed by atoms with E-state index in [4.69, 9.17) is 15.4 Å². The molecule has 0 spiro atoms. The molecular weight excluding hydrogens is 344 g/mol. The van der Waals surface area contributed by atoms with E-state index in [1.165, 1.54) is 0 Å². The van der Waals surface area contributed by atoms with E-state index in [-0.39, 0.29) is 0 Å². The van der Waals surface area contributed by atoms with Crippen molar-refractivity contribution in [3.63, 3.8) is 0 Å². The number of hydrogen-bond donors (Lipinski definition) is 1. The van der Waals surface area contributed by atoms with Gasteiger partial charge in [-0.25, -0.2) is 4.68 Å². The number of nitriles is 1. The van der Waals surface area contributed by atoms with Crippen LogP contribution in [-0.4, -0.2) is 26.1 Å². The summed E-state index contributed by atoms with van der Waals surface area (Å²) in [4.78, 5) is 12.0. The molecule has 0 saturated carbocycles. The van der Waals surface area contributed by atoms with Crippen LogP contribution in [-0.2, 0) is 13.0 Å². The maximum atomic E-state index is 12.0. The third-order valence-corrected chi connectivity index (χ3v) is 4.32. The molecule has 2 heterocycles. The Morgan fingerprint density at radius 2 is 2.15 bits per heavy atom. The fourth-order valence-corrected chi connectivity index (χ4v) is 3.11. The van der Waals surface area contributed by atoms with Crippen molar-refractivity contribution in [2.24, 2.45) is 5.73 Å². The van der Waals surface area contributed by atoms with Gasteiger partial charge in [0.2, 0.25) is 5.91 Å². The van der Waals surface area contributed by atoms with Crippen molar-refractivity contribution in [2.75, 3.05) is 0 Å². The molecule has 8 nitrogen and oxygen atoms in total. The van der Waals surface area contributed by atoms with E-state index in [0.29, 0.717) is 41.9 Å². The highest BCUT2D eigenvalue weighted by atomic mass is 16.3. The third kappa shape index (κ3) is 3.11. The predicted octanol–water partition coefficient (Wildman–Crippen LogP) is 2.38. The average Bonchev–Trinajstić information content (AvgIpc) is 3.27. The zero-order chi connectivity index (χ0) is 18.8. The first-order valence-electron chi connectivity index (χ1n) is 8.37. The summed E-state index contributed by atoms with van der Waals surface area (Å²) in [6.07, 6.45) is 2.65. The van der Waals surface area contributed by atoms with E-state index in [2.05, 4.69) is 21.6 Å². The number of nitrogens with two attached hydrogens (primary N) is 1. The number of carbonyl (C=O) groups excluding carboxylic acids is 1. The smallest absolute Gasteiger partial charge is 0.249 e. The van der Waals surface area contributed by atoms with Gasteiger partial charge in [-0.15, -0.1) is 5.10 Å². The second-order valence-corrected chi connectivity index (χ2v) is 6.06. The van der Waals surface area contributed by atoms with Crippen molar-refractivity contribution in [3.8, 4) is 6.07 Å². The van der Waals surface area contributed by atoms with Crippen molar-refractivity contribution in [1.82, 2.24) is 20.2 Å². The van der Waals surface area contributed by atoms with E-state index in [0.717, 1.165) is 16.3 Å². The standard InChI is InChI=1S/C19H15N6O2/c20-8-3-9-25-17(22-23-24-25)7-6-12-10-14(19(21)26)18-13-4-1-2-5-15(13)27-16(18)11-12/h1-2,4-5,7,10-11H,3,6,9H2,(H2,21,26). The fraction of sp³-hybridized carbons (Fsp3) is 0.158. The summed E-state index contributed by atoms with van der Waals surface area (Å²) in [5.41, 5.74) is 8.20. The van der Waals surface area contributed by atoms with Gasteiger partial charge in [-0.1, -0.05) is 18.2 Å². The first-order chi connectivity index (χ1) is 13.2. The van der Waals surface area contributed by atoms with Gasteiger partial charge in [0.05, 0.1) is 24.6 Å². The maximum Gasteiger partial charge on any atom is 0.249 e. The molecule has 0 aliphatic rings. The minimum absolute atomic E-state index is 0.322. The van der Waals surface area contributed by atoms with Crippen molar-refractivity contribution in [1.29, 1.82) is 5.26 Å². The summed E-state index contributed by atoms with van der Waals surface area (Å²) >= 11 is 0. The van der Waals surface area contributed by atoms with Gasteiger partial charge < -0.3 is 10.2 Å². The van der Waals surface area contributed by atoms with Crippen LogP contribution in [0.5, 0.6) is 0 Å². The highest BCUT2D eigenvalue weighted by Gasteiger charge is 2.16. The van der Waals surface area contributed by atoms with Gasteiger partial charge >= 0.3 is 0 Å². The van der Waals surface area contributed by atoms with Crippen LogP contribution >= 0.6 is 0 Å². The number of furan rings is 1. The largest absolute Gasteiger partial charge is 0.456 e. The Bertz CT molecular complexity index is 1180. The summed E-state index contributed by atoms with van der Waals surface area (Å²) in [6, 6.07) is 13.3. The number of para-hydroxylation sites is 1. The SMILES string of the molecule is N#CCCn1nnnc1[CH]Cc1cc(C(N)=O)c2c(c1)oc1ccccc12. The number of tetrazole rings is 1. The van der Waals surface area contributed by atoms with E-state index in [9.17, 15) is 4.79 Å². The lowest BCUT2D eigenvalue weighted by molar-refractivity contribution is 0.100. The van der Waals surface area contributed by atoms with Crippen LogP contribution in [0.2, 0.25) is 0 Å². The number of nitrogens with zero attached hydrogens (tertiary/aromatic N) is 5. The molecule has 0 unspecified atom stereocenters. The number of aromatic nitrogens is 4. The van der Waals surface area contributed by atoms with Crippen molar-refractivity contribution < 1.29 is 9.21 Å². The molecule has 0 bridgehead atoms. The molecule has 8 heteroatoms. The molecule has 4 aromatic rings. The maximum absolute atomic E-state index is 12.0. The molecule has 4 rings (SSSR count). The molecule has 133 valence electrons. The van der Waals surface area contributed by atoms with Gasteiger partial charge in [-0.05, 0) is 40.6 Å². The number of carbonyl (C=O) groups is 1. The topological polar surface area (TPSA) is 124 Å². The number of rotatable bonds is 6. The summed E-state index contributed by atoms with van der Waals surface area (Å²) in [5.74, 6) is 0.0582. The minimum atomic E-state index is -0.507. The van der Waals surface area contributed by atoms with Crippen LogP contribution in [0, 0.1) is 17.8 Å². The Kier molecular flexibility index (Phi) is 4.26. The lowest BCUT2D eigenvalue weighted by Gasteiger charge is -2.05. The van der Waals surface area contributed by atoms with Crippen LogP contribution in [0.15, 0.2) is 40.8 Å². The lowest BCUT2D eigenvalue weighted by atomic mass is 10.00. The van der Waals surface area contributed by atoms with Gasteiger partial charge in [0.25, 0.3) is 0 Å². The second-order valence-electron chi connectivity index (χ2n) is 6.06. The van der Waals surface area contributed by atoms with Crippen LogP contribution in [0.25, 0.3) is 21.9 Å². The van der Waals surface area contributed by atoms with Crippen LogP contribution in [0.3, 0.4) is 0 Å². The third-order valence-electron chi connectivity index (χ3n) is 4.32. The van der Waals surface area contributed by atoms with E-state index >= 15 is 0 Å². The van der Waals surface area contributed by atoms with Crippen molar-refractivity contribution in [3.05, 3.63) is 59.8 Å². The molecule has 0 aliphatic carbocycles. The number of primary amides is 1. The quantitative estimate of drug-likeness (QED) is 0.564. The molecule has 0 atom stereocenters. The zero-order valence-electron chi connectivity index (χ0n) is 14.3. The van der Waals surface area contributed by atoms with E-state index in [1.54, 1.807) is 10.7 Å². The summed E-state index contributed by atoms with van der Waals surface area (Å²) in [5, 5.41) is 21.8. The molecule has 2 aromatic heterocycles. The average molecular weight is 359 g/mol. The number of benzene rings is 2. The molecule has 1 amide bonds. The molecule has 2 N–H and O–H groups in total. The Morgan fingerprint density at radius 1 is 1.30 bits per heavy atom. The lowest BCUT2D eigenvalue weighted by Crippen LogP contribution is -2.12. The number of hydrogen-bond acceptors (Lipinski definition) is 6. The molecular formula is C19H15N6O2. The van der Waals surface area contributed by atoms with E-state index < -0.39 is 5.91 Å². The van der Waals surface area contributed by atoms with Gasteiger partial charge in [-0.3, -0.25) is 4.79 Å². The minimum Gasteiger partial charge on any atom is -0.456 e. The second kappa shape index (κ2) is 6.88. The van der Waals surface area contributed by atoms with Gasteiger partial charge in [0.1, 0.15) is 11.2 Å². The Morgan fingerprint density at radius 3 is 2.96 bits per heavy atom. The van der Waals surface area contributed by atoms with Gasteiger partial charge in [-0.2, -0.15) is 5.26 Å². The summed E-state index contributed by atoms with van der Waals surface area (Å²) < 4.78 is 7.46. The van der Waals surface area contributed by atoms with Crippen LogP contribution < -0.4 is 5.73 Å². The normalized spacial score (nSPS) is 11.1. The zero-order valence-corrected chi connectivity index (χ0v) is 14.3. The Labute approximate surface area is 154 Å². The summed E-state index contributed by atoms with van der Waals surface area (Å²) in [7, 11) is 0. The van der Waals surface area contributed by atoms with Crippen molar-refractivity contribution >= 4 is 27.8 Å². The Balaban J connectivity index is 1.69. The van der Waals surface area contributed by atoms with E-state index in [1.807, 2.05) is 36.8 Å². The first-order valence-corrected chi connectivity index (χ1v) is 8.37.